The van der Waals surface area contributed by atoms with Gasteiger partial charge < -0.3 is 15.7 Å². The molecule has 0 aliphatic heterocycles. The number of carbonyl (C=O) groups excluding carboxylic acids is 1. The van der Waals surface area contributed by atoms with E-state index in [1.807, 2.05) is 4.90 Å². The number of nitrogens with two attached hydrogens (primary N) is 1. The Morgan fingerprint density at radius 3 is 2.88 bits per heavy atom. The van der Waals surface area contributed by atoms with Gasteiger partial charge in [-0.2, -0.15) is 0 Å². The largest absolute Gasteiger partial charge is 0.395 e. The van der Waals surface area contributed by atoms with Crippen molar-refractivity contribution in [2.24, 2.45) is 5.73 Å². The summed E-state index contributed by atoms with van der Waals surface area (Å²) in [7, 11) is 0. The van der Waals surface area contributed by atoms with Gasteiger partial charge in [0.15, 0.2) is 0 Å². The second kappa shape index (κ2) is 6.07. The van der Waals surface area contributed by atoms with E-state index >= 15 is 0 Å². The van der Waals surface area contributed by atoms with Crippen LogP contribution in [-0.2, 0) is 0 Å². The molecule has 1 rings (SSSR count). The molecule has 0 aromatic carbocycles. The number of carbonyl (C=O) groups is 1. The third-order valence-electron chi connectivity index (χ3n) is 2.22. The Bertz CT molecular complexity index is 349. The van der Waals surface area contributed by atoms with Crippen LogP contribution in [0.1, 0.15) is 23.8 Å². The van der Waals surface area contributed by atoms with Crippen molar-refractivity contribution in [3.8, 4) is 0 Å². The molecule has 3 N–H and O–H groups in total. The third kappa shape index (κ3) is 3.20. The Morgan fingerprint density at radius 2 is 2.31 bits per heavy atom. The number of amides is 1. The van der Waals surface area contributed by atoms with Gasteiger partial charge in [0.1, 0.15) is 5.69 Å². The van der Waals surface area contributed by atoms with Gasteiger partial charge in [0.2, 0.25) is 0 Å². The number of anilines is 1. The van der Waals surface area contributed by atoms with Gasteiger partial charge >= 0.3 is 0 Å². The van der Waals surface area contributed by atoms with E-state index in [-0.39, 0.29) is 12.3 Å². The van der Waals surface area contributed by atoms with Gasteiger partial charge in [-0.3, -0.25) is 9.78 Å². The molecule has 16 heavy (non-hydrogen) atoms. The topological polar surface area (TPSA) is 79.4 Å². The molecular formula is C11H17N3O2. The zero-order valence-corrected chi connectivity index (χ0v) is 9.39. The van der Waals surface area contributed by atoms with E-state index in [9.17, 15) is 4.79 Å². The van der Waals surface area contributed by atoms with Gasteiger partial charge in [-0.15, -0.1) is 0 Å². The first-order chi connectivity index (χ1) is 7.69. The summed E-state index contributed by atoms with van der Waals surface area (Å²) in [5.41, 5.74) is 6.27. The van der Waals surface area contributed by atoms with Crippen LogP contribution in [0, 0.1) is 0 Å². The fourth-order valence-corrected chi connectivity index (χ4v) is 1.51. The number of pyridine rings is 1. The molecule has 1 aromatic rings. The average molecular weight is 223 g/mol. The molecule has 5 heteroatoms. The van der Waals surface area contributed by atoms with E-state index < -0.39 is 5.91 Å². The van der Waals surface area contributed by atoms with E-state index in [1.165, 1.54) is 0 Å². The Balaban J connectivity index is 2.90. The van der Waals surface area contributed by atoms with Crippen molar-refractivity contribution in [2.45, 2.75) is 13.3 Å². The zero-order chi connectivity index (χ0) is 12.0. The maximum absolute atomic E-state index is 11.0. The number of rotatable bonds is 6. The molecule has 0 unspecified atom stereocenters. The highest BCUT2D eigenvalue weighted by atomic mass is 16.3. The van der Waals surface area contributed by atoms with Crippen LogP contribution < -0.4 is 10.6 Å². The summed E-state index contributed by atoms with van der Waals surface area (Å²) in [6.07, 6.45) is 2.52. The zero-order valence-electron chi connectivity index (χ0n) is 9.39. The molecule has 0 aliphatic rings. The summed E-state index contributed by atoms with van der Waals surface area (Å²) >= 11 is 0. The molecule has 1 heterocycles. The summed E-state index contributed by atoms with van der Waals surface area (Å²) in [4.78, 5) is 16.9. The second-order valence-electron chi connectivity index (χ2n) is 3.47. The van der Waals surface area contributed by atoms with Crippen LogP contribution in [0.4, 0.5) is 5.69 Å². The Hall–Kier alpha value is -1.62. The molecular weight excluding hydrogens is 206 g/mol. The van der Waals surface area contributed by atoms with Gasteiger partial charge in [-0.05, 0) is 18.6 Å². The lowest BCUT2D eigenvalue weighted by Crippen LogP contribution is -2.28. The first-order valence-electron chi connectivity index (χ1n) is 5.30. The summed E-state index contributed by atoms with van der Waals surface area (Å²) < 4.78 is 0. The SMILES string of the molecule is CCCN(CCO)c1ccnc(C(N)=O)c1. The lowest BCUT2D eigenvalue weighted by atomic mass is 10.2. The van der Waals surface area contributed by atoms with E-state index in [0.717, 1.165) is 18.7 Å². The standard InChI is InChI=1S/C11H17N3O2/c1-2-5-14(6-7-15)9-3-4-13-10(8-9)11(12)16/h3-4,8,15H,2,5-7H2,1H3,(H2,12,16). The number of hydrogen-bond donors (Lipinski definition) is 2. The Morgan fingerprint density at radius 1 is 1.56 bits per heavy atom. The highest BCUT2D eigenvalue weighted by Crippen LogP contribution is 2.14. The molecule has 0 atom stereocenters. The van der Waals surface area contributed by atoms with Crippen molar-refractivity contribution in [1.29, 1.82) is 0 Å². The smallest absolute Gasteiger partial charge is 0.267 e. The summed E-state index contributed by atoms with van der Waals surface area (Å²) in [5.74, 6) is -0.540. The van der Waals surface area contributed by atoms with E-state index in [0.29, 0.717) is 6.54 Å². The second-order valence-corrected chi connectivity index (χ2v) is 3.47. The predicted molar refractivity (Wildman–Crippen MR) is 62.3 cm³/mol. The Kier molecular flexibility index (Phi) is 4.72. The molecule has 88 valence electrons. The quantitative estimate of drug-likeness (QED) is 0.731. The molecule has 1 aromatic heterocycles. The van der Waals surface area contributed by atoms with Gasteiger partial charge in [0, 0.05) is 25.0 Å². The van der Waals surface area contributed by atoms with Crippen molar-refractivity contribution in [3.05, 3.63) is 24.0 Å². The van der Waals surface area contributed by atoms with Gasteiger partial charge in [-0.25, -0.2) is 0 Å². The number of aliphatic hydroxyl groups is 1. The van der Waals surface area contributed by atoms with Gasteiger partial charge in [0.25, 0.3) is 5.91 Å². The van der Waals surface area contributed by atoms with Crippen molar-refractivity contribution in [2.75, 3.05) is 24.6 Å². The lowest BCUT2D eigenvalue weighted by molar-refractivity contribution is 0.0995. The summed E-state index contributed by atoms with van der Waals surface area (Å²) in [6.45, 7) is 3.49. The van der Waals surface area contributed by atoms with Crippen molar-refractivity contribution < 1.29 is 9.90 Å². The molecule has 1 amide bonds. The maximum atomic E-state index is 11.0. The highest BCUT2D eigenvalue weighted by molar-refractivity contribution is 5.91. The fraction of sp³-hybridized carbons (Fsp3) is 0.455. The minimum absolute atomic E-state index is 0.0776. The van der Waals surface area contributed by atoms with Gasteiger partial charge in [0.05, 0.1) is 6.61 Å². The van der Waals surface area contributed by atoms with Crippen molar-refractivity contribution in [3.63, 3.8) is 0 Å². The van der Waals surface area contributed by atoms with Crippen LogP contribution in [0.25, 0.3) is 0 Å². The Labute approximate surface area is 94.9 Å². The molecule has 5 nitrogen and oxygen atoms in total. The first kappa shape index (κ1) is 12.4. The number of nitrogens with zero attached hydrogens (tertiary/aromatic N) is 2. The minimum Gasteiger partial charge on any atom is -0.395 e. The number of hydrogen-bond acceptors (Lipinski definition) is 4. The number of primary amides is 1. The molecule has 0 radical (unpaired) electrons. The highest BCUT2D eigenvalue weighted by Gasteiger charge is 2.08. The normalized spacial score (nSPS) is 10.1. The van der Waals surface area contributed by atoms with Crippen LogP contribution in [0.5, 0.6) is 0 Å². The monoisotopic (exact) mass is 223 g/mol. The first-order valence-corrected chi connectivity index (χ1v) is 5.30. The third-order valence-corrected chi connectivity index (χ3v) is 2.22. The molecule has 0 saturated heterocycles. The summed E-state index contributed by atoms with van der Waals surface area (Å²) in [5, 5.41) is 8.95. The predicted octanol–water partition coefficient (Wildman–Crippen LogP) is 0.389. The molecule has 0 spiro atoms. The molecule has 0 saturated carbocycles. The van der Waals surface area contributed by atoms with Crippen LogP contribution in [0.15, 0.2) is 18.3 Å². The maximum Gasteiger partial charge on any atom is 0.267 e. The average Bonchev–Trinajstić information content (AvgIpc) is 2.29. The van der Waals surface area contributed by atoms with Crippen LogP contribution >= 0.6 is 0 Å². The van der Waals surface area contributed by atoms with Crippen LogP contribution in [0.2, 0.25) is 0 Å². The minimum atomic E-state index is -0.540. The van der Waals surface area contributed by atoms with Crippen molar-refractivity contribution in [1.82, 2.24) is 4.98 Å². The van der Waals surface area contributed by atoms with Crippen molar-refractivity contribution >= 4 is 11.6 Å². The molecule has 0 aliphatic carbocycles. The number of aliphatic hydroxyl groups excluding tert-OH is 1. The van der Waals surface area contributed by atoms with Gasteiger partial charge in [-0.1, -0.05) is 6.92 Å². The van der Waals surface area contributed by atoms with Crippen LogP contribution in [0.3, 0.4) is 0 Å². The van der Waals surface area contributed by atoms with E-state index in [2.05, 4.69) is 11.9 Å². The molecule has 0 fully saturated rings. The summed E-state index contributed by atoms with van der Waals surface area (Å²) in [6, 6.07) is 3.45. The lowest BCUT2D eigenvalue weighted by Gasteiger charge is -2.23. The van der Waals surface area contributed by atoms with E-state index in [1.54, 1.807) is 18.3 Å². The van der Waals surface area contributed by atoms with Crippen LogP contribution in [-0.4, -0.2) is 35.7 Å². The van der Waals surface area contributed by atoms with E-state index in [4.69, 9.17) is 10.8 Å². The molecule has 0 bridgehead atoms. The fourth-order valence-electron chi connectivity index (χ4n) is 1.51. The number of aromatic nitrogens is 1.